The summed E-state index contributed by atoms with van der Waals surface area (Å²) in [6.07, 6.45) is 1.56. The molecule has 2 aliphatic rings. The maximum absolute atomic E-state index is 12.0. The highest BCUT2D eigenvalue weighted by atomic mass is 16.2. The van der Waals surface area contributed by atoms with Crippen molar-refractivity contribution >= 4 is 11.8 Å². The second-order valence-electron chi connectivity index (χ2n) is 4.60. The van der Waals surface area contributed by atoms with Crippen molar-refractivity contribution in [1.82, 2.24) is 10.2 Å². The number of nitrogens with zero attached hydrogens (tertiary/aromatic N) is 1. The third kappa shape index (κ3) is 1.74. The Balaban J connectivity index is 1.83. The van der Waals surface area contributed by atoms with E-state index < -0.39 is 0 Å². The number of rotatable bonds is 2. The van der Waals surface area contributed by atoms with Gasteiger partial charge >= 0.3 is 0 Å². The standard InChI is InChI=1S/C13H14N2O2/c16-12-10-6-7-11(14-10)13(17)15(12)8-9-4-2-1-3-5-9/h1-5,10-11,14H,6-8H2/t10-,11-/m1/s1. The monoisotopic (exact) mass is 230 g/mol. The van der Waals surface area contributed by atoms with Gasteiger partial charge in [0.15, 0.2) is 0 Å². The van der Waals surface area contributed by atoms with Crippen LogP contribution in [-0.4, -0.2) is 28.8 Å². The number of piperazine rings is 1. The molecule has 0 aromatic heterocycles. The molecule has 0 spiro atoms. The van der Waals surface area contributed by atoms with Crippen LogP contribution in [0.3, 0.4) is 0 Å². The summed E-state index contributed by atoms with van der Waals surface area (Å²) in [5, 5.41) is 3.06. The number of carbonyl (C=O) groups excluding carboxylic acids is 2. The Morgan fingerprint density at radius 1 is 1.06 bits per heavy atom. The third-order valence-corrected chi connectivity index (χ3v) is 3.46. The Morgan fingerprint density at radius 3 is 2.24 bits per heavy atom. The van der Waals surface area contributed by atoms with Gasteiger partial charge in [-0.15, -0.1) is 0 Å². The van der Waals surface area contributed by atoms with Crippen molar-refractivity contribution < 1.29 is 9.59 Å². The summed E-state index contributed by atoms with van der Waals surface area (Å²) in [6, 6.07) is 9.33. The van der Waals surface area contributed by atoms with E-state index in [1.165, 1.54) is 4.90 Å². The van der Waals surface area contributed by atoms with Crippen LogP contribution in [0.1, 0.15) is 18.4 Å². The second kappa shape index (κ2) is 3.96. The lowest BCUT2D eigenvalue weighted by molar-refractivity contribution is -0.150. The van der Waals surface area contributed by atoms with E-state index in [9.17, 15) is 9.59 Å². The van der Waals surface area contributed by atoms with Crippen molar-refractivity contribution in [2.75, 3.05) is 0 Å². The van der Waals surface area contributed by atoms with Crippen molar-refractivity contribution in [3.63, 3.8) is 0 Å². The second-order valence-corrected chi connectivity index (χ2v) is 4.60. The van der Waals surface area contributed by atoms with E-state index in [0.29, 0.717) is 6.54 Å². The number of benzene rings is 1. The number of fused-ring (bicyclic) bond motifs is 2. The summed E-state index contributed by atoms with van der Waals surface area (Å²) < 4.78 is 0. The van der Waals surface area contributed by atoms with Crippen LogP contribution in [0.15, 0.2) is 30.3 Å². The summed E-state index contributed by atoms with van der Waals surface area (Å²) >= 11 is 0. The largest absolute Gasteiger partial charge is 0.295 e. The minimum Gasteiger partial charge on any atom is -0.295 e. The normalized spacial score (nSPS) is 27.6. The molecule has 3 rings (SSSR count). The average Bonchev–Trinajstić information content (AvgIpc) is 2.81. The Kier molecular flexibility index (Phi) is 2.44. The molecule has 0 saturated carbocycles. The summed E-state index contributed by atoms with van der Waals surface area (Å²) in [7, 11) is 0. The molecule has 1 aromatic carbocycles. The number of imide groups is 1. The fourth-order valence-electron chi connectivity index (χ4n) is 2.54. The van der Waals surface area contributed by atoms with Gasteiger partial charge in [-0.05, 0) is 18.4 Å². The Bertz CT molecular complexity index is 436. The molecule has 2 aliphatic heterocycles. The van der Waals surface area contributed by atoms with Crippen LogP contribution in [0.5, 0.6) is 0 Å². The maximum Gasteiger partial charge on any atom is 0.246 e. The third-order valence-electron chi connectivity index (χ3n) is 3.46. The molecule has 1 aromatic rings. The van der Waals surface area contributed by atoms with Gasteiger partial charge in [0.1, 0.15) is 0 Å². The molecule has 0 radical (unpaired) electrons. The molecule has 0 unspecified atom stereocenters. The molecule has 17 heavy (non-hydrogen) atoms. The van der Waals surface area contributed by atoms with Crippen molar-refractivity contribution in [2.24, 2.45) is 0 Å². The molecule has 2 amide bonds. The van der Waals surface area contributed by atoms with E-state index in [1.54, 1.807) is 0 Å². The topological polar surface area (TPSA) is 49.4 Å². The van der Waals surface area contributed by atoms with Gasteiger partial charge in [0, 0.05) is 0 Å². The highest BCUT2D eigenvalue weighted by Crippen LogP contribution is 2.23. The van der Waals surface area contributed by atoms with E-state index in [-0.39, 0.29) is 23.9 Å². The Morgan fingerprint density at radius 2 is 1.65 bits per heavy atom. The minimum absolute atomic E-state index is 0.0763. The number of likely N-dealkylation sites (tertiary alicyclic amines) is 1. The molecule has 2 saturated heterocycles. The lowest BCUT2D eigenvalue weighted by atomic mass is 10.1. The van der Waals surface area contributed by atoms with Gasteiger partial charge in [0.05, 0.1) is 18.6 Å². The maximum atomic E-state index is 12.0. The van der Waals surface area contributed by atoms with Crippen LogP contribution in [0.25, 0.3) is 0 Å². The van der Waals surface area contributed by atoms with Crippen molar-refractivity contribution in [1.29, 1.82) is 0 Å². The lowest BCUT2D eigenvalue weighted by Crippen LogP contribution is -2.58. The van der Waals surface area contributed by atoms with Crippen LogP contribution in [0.2, 0.25) is 0 Å². The highest BCUT2D eigenvalue weighted by Gasteiger charge is 2.44. The molecule has 88 valence electrons. The summed E-state index contributed by atoms with van der Waals surface area (Å²) in [6.45, 7) is 0.396. The molecular weight excluding hydrogens is 216 g/mol. The van der Waals surface area contributed by atoms with Gasteiger partial charge in [-0.2, -0.15) is 0 Å². The van der Waals surface area contributed by atoms with Crippen LogP contribution < -0.4 is 5.32 Å². The first kappa shape index (κ1) is 10.5. The highest BCUT2D eigenvalue weighted by molar-refractivity contribution is 6.03. The Hall–Kier alpha value is -1.68. The zero-order valence-corrected chi connectivity index (χ0v) is 9.43. The van der Waals surface area contributed by atoms with Gasteiger partial charge < -0.3 is 0 Å². The molecule has 0 aliphatic carbocycles. The minimum atomic E-state index is -0.151. The van der Waals surface area contributed by atoms with Gasteiger partial charge in [0.25, 0.3) is 0 Å². The molecule has 1 N–H and O–H groups in total. The predicted molar refractivity (Wildman–Crippen MR) is 61.9 cm³/mol. The molecule has 2 bridgehead atoms. The molecular formula is C13H14N2O2. The predicted octanol–water partition coefficient (Wildman–Crippen LogP) is 0.676. The number of carbonyl (C=O) groups is 2. The molecule has 2 fully saturated rings. The van der Waals surface area contributed by atoms with Gasteiger partial charge in [-0.25, -0.2) is 0 Å². The van der Waals surface area contributed by atoms with E-state index in [1.807, 2.05) is 30.3 Å². The molecule has 2 heterocycles. The van der Waals surface area contributed by atoms with Gasteiger partial charge in [-0.3, -0.25) is 19.8 Å². The SMILES string of the molecule is O=C1[C@H]2CC[C@@H](N2)C(=O)N1Cc1ccccc1. The molecule has 4 nitrogen and oxygen atoms in total. The molecule has 4 heteroatoms. The van der Waals surface area contributed by atoms with E-state index >= 15 is 0 Å². The van der Waals surface area contributed by atoms with Crippen molar-refractivity contribution in [3.8, 4) is 0 Å². The Labute approximate surface area is 99.6 Å². The first-order chi connectivity index (χ1) is 8.25. The fraction of sp³-hybridized carbons (Fsp3) is 0.385. The van der Waals surface area contributed by atoms with Crippen molar-refractivity contribution in [2.45, 2.75) is 31.5 Å². The number of hydrogen-bond acceptors (Lipinski definition) is 3. The van der Waals surface area contributed by atoms with Crippen LogP contribution in [-0.2, 0) is 16.1 Å². The van der Waals surface area contributed by atoms with Gasteiger partial charge in [0.2, 0.25) is 11.8 Å². The smallest absolute Gasteiger partial charge is 0.246 e. The lowest BCUT2D eigenvalue weighted by Gasteiger charge is -2.30. The number of hydrogen-bond donors (Lipinski definition) is 1. The summed E-state index contributed by atoms with van der Waals surface area (Å²) in [4.78, 5) is 25.5. The van der Waals surface area contributed by atoms with Crippen LogP contribution in [0.4, 0.5) is 0 Å². The van der Waals surface area contributed by atoms with Crippen LogP contribution >= 0.6 is 0 Å². The van der Waals surface area contributed by atoms with E-state index in [0.717, 1.165) is 18.4 Å². The first-order valence-corrected chi connectivity index (χ1v) is 5.91. The zero-order chi connectivity index (χ0) is 11.8. The zero-order valence-electron chi connectivity index (χ0n) is 9.43. The quantitative estimate of drug-likeness (QED) is 0.760. The van der Waals surface area contributed by atoms with Gasteiger partial charge in [-0.1, -0.05) is 30.3 Å². The van der Waals surface area contributed by atoms with Crippen molar-refractivity contribution in [3.05, 3.63) is 35.9 Å². The van der Waals surface area contributed by atoms with E-state index in [2.05, 4.69) is 5.32 Å². The van der Waals surface area contributed by atoms with E-state index in [4.69, 9.17) is 0 Å². The molecule has 2 atom stereocenters. The first-order valence-electron chi connectivity index (χ1n) is 5.91. The average molecular weight is 230 g/mol. The summed E-state index contributed by atoms with van der Waals surface area (Å²) in [5.41, 5.74) is 0.996. The fourth-order valence-corrected chi connectivity index (χ4v) is 2.54. The van der Waals surface area contributed by atoms with Crippen LogP contribution in [0, 0.1) is 0 Å². The number of amides is 2. The summed E-state index contributed by atoms with van der Waals surface area (Å²) in [5.74, 6) is -0.153. The number of nitrogens with one attached hydrogen (secondary N) is 1.